The van der Waals surface area contributed by atoms with Crippen LogP contribution in [0.2, 0.25) is 0 Å². The third-order valence-corrected chi connectivity index (χ3v) is 6.19. The second-order valence-electron chi connectivity index (χ2n) is 7.41. The van der Waals surface area contributed by atoms with Crippen LogP contribution in [0.15, 0.2) is 53.5 Å². The second kappa shape index (κ2) is 9.27. The van der Waals surface area contributed by atoms with E-state index >= 15 is 0 Å². The molecule has 0 aliphatic carbocycles. The largest absolute Gasteiger partial charge is 0.326 e. The van der Waals surface area contributed by atoms with Crippen LogP contribution in [0.3, 0.4) is 0 Å². The summed E-state index contributed by atoms with van der Waals surface area (Å²) in [5.41, 5.74) is 3.97. The van der Waals surface area contributed by atoms with Crippen LogP contribution in [0.25, 0.3) is 0 Å². The molecule has 2 amide bonds. The van der Waals surface area contributed by atoms with Gasteiger partial charge >= 0.3 is 0 Å². The van der Waals surface area contributed by atoms with Crippen molar-refractivity contribution in [2.45, 2.75) is 44.8 Å². The first-order chi connectivity index (χ1) is 13.9. The SMILES string of the molecule is CCc1ccccc1N=C1S[C@H](CC(=O)Nc2ccc(C(C)C)cc2)C(=O)N1C. The minimum atomic E-state index is -0.456. The molecule has 2 aromatic rings. The maximum absolute atomic E-state index is 12.6. The van der Waals surface area contributed by atoms with Crippen LogP contribution < -0.4 is 5.32 Å². The van der Waals surface area contributed by atoms with E-state index in [0.29, 0.717) is 11.1 Å². The fourth-order valence-corrected chi connectivity index (χ4v) is 4.30. The number of carbonyl (C=O) groups excluding carboxylic acids is 2. The molecule has 0 saturated carbocycles. The van der Waals surface area contributed by atoms with Gasteiger partial charge in [0, 0.05) is 19.2 Å². The van der Waals surface area contributed by atoms with Gasteiger partial charge in [-0.3, -0.25) is 14.5 Å². The first-order valence-corrected chi connectivity index (χ1v) is 10.8. The molecule has 152 valence electrons. The van der Waals surface area contributed by atoms with E-state index in [1.54, 1.807) is 11.9 Å². The Balaban J connectivity index is 1.66. The Kier molecular flexibility index (Phi) is 6.75. The van der Waals surface area contributed by atoms with Crippen molar-refractivity contribution < 1.29 is 9.59 Å². The maximum atomic E-state index is 12.6. The van der Waals surface area contributed by atoms with Crippen LogP contribution in [0, 0.1) is 0 Å². The molecule has 0 spiro atoms. The van der Waals surface area contributed by atoms with E-state index in [1.807, 2.05) is 48.5 Å². The average Bonchev–Trinajstić information content (AvgIpc) is 2.96. The van der Waals surface area contributed by atoms with Crippen molar-refractivity contribution in [2.75, 3.05) is 12.4 Å². The summed E-state index contributed by atoms with van der Waals surface area (Å²) >= 11 is 1.35. The van der Waals surface area contributed by atoms with Gasteiger partial charge in [0.2, 0.25) is 11.8 Å². The molecule has 0 bridgehead atoms. The Bertz CT molecular complexity index is 922. The number of rotatable bonds is 6. The number of carbonyl (C=O) groups is 2. The van der Waals surface area contributed by atoms with Crippen molar-refractivity contribution in [3.63, 3.8) is 0 Å². The Morgan fingerprint density at radius 2 is 1.86 bits per heavy atom. The zero-order valence-corrected chi connectivity index (χ0v) is 18.1. The summed E-state index contributed by atoms with van der Waals surface area (Å²) in [5.74, 6) is 0.183. The predicted octanol–water partition coefficient (Wildman–Crippen LogP) is 4.96. The standard InChI is InChI=1S/C23H27N3O2S/c1-5-16-8-6-7-9-19(16)25-23-26(4)22(28)20(29-23)14-21(27)24-18-12-10-17(11-13-18)15(2)3/h6-13,15,20H,5,14H2,1-4H3,(H,24,27)/t20-/m1/s1. The maximum Gasteiger partial charge on any atom is 0.242 e. The van der Waals surface area contributed by atoms with E-state index in [2.05, 4.69) is 31.1 Å². The second-order valence-corrected chi connectivity index (χ2v) is 8.58. The lowest BCUT2D eigenvalue weighted by Crippen LogP contribution is -2.30. The Labute approximate surface area is 176 Å². The number of aliphatic imine (C=N–C) groups is 1. The third-order valence-electron chi connectivity index (χ3n) is 4.96. The number of nitrogens with one attached hydrogen (secondary N) is 1. The number of benzene rings is 2. The van der Waals surface area contributed by atoms with E-state index in [-0.39, 0.29) is 18.2 Å². The molecular formula is C23H27N3O2S. The number of thioether (sulfide) groups is 1. The zero-order chi connectivity index (χ0) is 21.0. The van der Waals surface area contributed by atoms with Crippen LogP contribution in [0.5, 0.6) is 0 Å². The lowest BCUT2D eigenvalue weighted by atomic mass is 10.0. The summed E-state index contributed by atoms with van der Waals surface area (Å²) in [6, 6.07) is 15.7. The van der Waals surface area contributed by atoms with Crippen molar-refractivity contribution in [1.29, 1.82) is 0 Å². The first-order valence-electron chi connectivity index (χ1n) is 9.89. The van der Waals surface area contributed by atoms with Crippen LogP contribution >= 0.6 is 11.8 Å². The molecule has 1 fully saturated rings. The summed E-state index contributed by atoms with van der Waals surface area (Å²) < 4.78 is 0. The van der Waals surface area contributed by atoms with Crippen LogP contribution in [-0.2, 0) is 16.0 Å². The first kappa shape index (κ1) is 21.1. The molecule has 0 aromatic heterocycles. The van der Waals surface area contributed by atoms with Gasteiger partial charge in [0.1, 0.15) is 5.25 Å². The number of amides is 2. The third kappa shape index (κ3) is 5.07. The molecule has 2 aromatic carbocycles. The van der Waals surface area contributed by atoms with Gasteiger partial charge in [-0.05, 0) is 41.7 Å². The highest BCUT2D eigenvalue weighted by molar-refractivity contribution is 8.15. The number of hydrogen-bond acceptors (Lipinski definition) is 4. The normalized spacial score (nSPS) is 18.0. The van der Waals surface area contributed by atoms with E-state index < -0.39 is 5.25 Å². The molecule has 1 saturated heterocycles. The summed E-state index contributed by atoms with van der Waals surface area (Å²) in [7, 11) is 1.71. The molecule has 3 rings (SSSR count). The predicted molar refractivity (Wildman–Crippen MR) is 121 cm³/mol. The van der Waals surface area contributed by atoms with Crippen molar-refractivity contribution in [1.82, 2.24) is 4.90 Å². The number of para-hydroxylation sites is 1. The van der Waals surface area contributed by atoms with Gasteiger partial charge < -0.3 is 5.32 Å². The monoisotopic (exact) mass is 409 g/mol. The molecule has 6 heteroatoms. The summed E-state index contributed by atoms with van der Waals surface area (Å²) in [4.78, 5) is 31.3. The van der Waals surface area contributed by atoms with Gasteiger partial charge in [0.05, 0.1) is 5.69 Å². The molecule has 5 nitrogen and oxygen atoms in total. The number of amidine groups is 1. The fourth-order valence-electron chi connectivity index (χ4n) is 3.15. The van der Waals surface area contributed by atoms with Crippen LogP contribution in [-0.4, -0.2) is 34.2 Å². The molecule has 1 aliphatic rings. The number of nitrogens with zero attached hydrogens (tertiary/aromatic N) is 2. The Morgan fingerprint density at radius 3 is 2.52 bits per heavy atom. The molecule has 1 atom stereocenters. The van der Waals surface area contributed by atoms with Gasteiger partial charge in [-0.1, -0.05) is 62.9 Å². The molecule has 0 radical (unpaired) electrons. The molecule has 1 heterocycles. The molecule has 0 unspecified atom stereocenters. The van der Waals surface area contributed by atoms with Gasteiger partial charge in [-0.25, -0.2) is 4.99 Å². The Hall–Kier alpha value is -2.60. The smallest absolute Gasteiger partial charge is 0.242 e. The number of hydrogen-bond donors (Lipinski definition) is 1. The highest BCUT2D eigenvalue weighted by atomic mass is 32.2. The van der Waals surface area contributed by atoms with Crippen molar-refractivity contribution in [3.8, 4) is 0 Å². The molecule has 29 heavy (non-hydrogen) atoms. The molecule has 1 aliphatic heterocycles. The number of anilines is 1. The minimum absolute atomic E-state index is 0.0898. The minimum Gasteiger partial charge on any atom is -0.326 e. The molecular weight excluding hydrogens is 382 g/mol. The van der Waals surface area contributed by atoms with Crippen molar-refractivity contribution in [2.24, 2.45) is 4.99 Å². The van der Waals surface area contributed by atoms with Gasteiger partial charge in [0.25, 0.3) is 0 Å². The summed E-state index contributed by atoms with van der Waals surface area (Å²) in [6.07, 6.45) is 0.991. The van der Waals surface area contributed by atoms with E-state index in [4.69, 9.17) is 0 Å². The lowest BCUT2D eigenvalue weighted by Gasteiger charge is -2.10. The van der Waals surface area contributed by atoms with Gasteiger partial charge in [0.15, 0.2) is 5.17 Å². The highest BCUT2D eigenvalue weighted by Crippen LogP contribution is 2.32. The van der Waals surface area contributed by atoms with E-state index in [0.717, 1.165) is 23.4 Å². The van der Waals surface area contributed by atoms with Crippen molar-refractivity contribution >= 4 is 40.1 Å². The summed E-state index contributed by atoms with van der Waals surface area (Å²) in [6.45, 7) is 6.34. The average molecular weight is 410 g/mol. The highest BCUT2D eigenvalue weighted by Gasteiger charge is 2.37. The van der Waals surface area contributed by atoms with Gasteiger partial charge in [-0.15, -0.1) is 0 Å². The molecule has 1 N–H and O–H groups in total. The zero-order valence-electron chi connectivity index (χ0n) is 17.3. The van der Waals surface area contributed by atoms with E-state index in [9.17, 15) is 9.59 Å². The fraction of sp³-hybridized carbons (Fsp3) is 0.348. The van der Waals surface area contributed by atoms with Crippen LogP contribution in [0.4, 0.5) is 11.4 Å². The van der Waals surface area contributed by atoms with E-state index in [1.165, 1.54) is 17.3 Å². The topological polar surface area (TPSA) is 61.8 Å². The summed E-state index contributed by atoms with van der Waals surface area (Å²) in [5, 5.41) is 3.07. The lowest BCUT2D eigenvalue weighted by molar-refractivity contribution is -0.127. The quantitative estimate of drug-likeness (QED) is 0.733. The van der Waals surface area contributed by atoms with Gasteiger partial charge in [-0.2, -0.15) is 0 Å². The van der Waals surface area contributed by atoms with Crippen LogP contribution in [0.1, 0.15) is 44.2 Å². The van der Waals surface area contributed by atoms with Crippen molar-refractivity contribution in [3.05, 3.63) is 59.7 Å². The Morgan fingerprint density at radius 1 is 1.17 bits per heavy atom. The number of aryl methyl sites for hydroxylation is 1.